The summed E-state index contributed by atoms with van der Waals surface area (Å²) in [6.45, 7) is 5.60. The molecular formula is C27H25F2N3O2. The molecule has 1 aliphatic carbocycles. The molecule has 0 saturated carbocycles. The SMILES string of the molecule is Cc1nn2c(C(C)C)c(C(=O)N[C@H]3CCc4cccc(O)c43)ccc2c1-c1c(F)cccc1F. The summed E-state index contributed by atoms with van der Waals surface area (Å²) in [4.78, 5) is 13.4. The largest absolute Gasteiger partial charge is 0.508 e. The van der Waals surface area contributed by atoms with Crippen molar-refractivity contribution >= 4 is 11.4 Å². The number of carbonyl (C=O) groups is 1. The highest BCUT2D eigenvalue weighted by atomic mass is 19.1. The van der Waals surface area contributed by atoms with Crippen LogP contribution in [0, 0.1) is 18.6 Å². The maximum absolute atomic E-state index is 14.6. The lowest BCUT2D eigenvalue weighted by atomic mass is 9.99. The number of nitrogens with zero attached hydrogens (tertiary/aromatic N) is 2. The van der Waals surface area contributed by atoms with E-state index < -0.39 is 11.6 Å². The molecule has 2 N–H and O–H groups in total. The van der Waals surface area contributed by atoms with E-state index >= 15 is 0 Å². The van der Waals surface area contributed by atoms with Crippen molar-refractivity contribution in [1.29, 1.82) is 0 Å². The molecule has 0 bridgehead atoms. The van der Waals surface area contributed by atoms with Gasteiger partial charge in [-0.05, 0) is 61.6 Å². The summed E-state index contributed by atoms with van der Waals surface area (Å²) in [6, 6.07) is 12.2. The Hall–Kier alpha value is -3.74. The molecule has 5 nitrogen and oxygen atoms in total. The first-order chi connectivity index (χ1) is 16.3. The molecule has 34 heavy (non-hydrogen) atoms. The van der Waals surface area contributed by atoms with Crippen molar-refractivity contribution in [3.8, 4) is 16.9 Å². The highest BCUT2D eigenvalue weighted by molar-refractivity contribution is 5.97. The van der Waals surface area contributed by atoms with Crippen molar-refractivity contribution in [2.75, 3.05) is 0 Å². The zero-order chi connectivity index (χ0) is 24.1. The van der Waals surface area contributed by atoms with E-state index in [1.54, 1.807) is 35.7 Å². The molecule has 1 aliphatic rings. The molecule has 2 heterocycles. The van der Waals surface area contributed by atoms with Crippen LogP contribution < -0.4 is 5.32 Å². The number of hydrogen-bond acceptors (Lipinski definition) is 3. The number of pyridine rings is 1. The first-order valence-corrected chi connectivity index (χ1v) is 11.4. The van der Waals surface area contributed by atoms with E-state index in [-0.39, 0.29) is 29.2 Å². The number of aromatic nitrogens is 2. The Labute approximate surface area is 196 Å². The predicted octanol–water partition coefficient (Wildman–Crippen LogP) is 5.83. The molecule has 0 unspecified atom stereocenters. The van der Waals surface area contributed by atoms with Crippen LogP contribution in [0.3, 0.4) is 0 Å². The quantitative estimate of drug-likeness (QED) is 0.402. The minimum atomic E-state index is -0.661. The number of carbonyl (C=O) groups excluding carboxylic acids is 1. The smallest absolute Gasteiger partial charge is 0.253 e. The van der Waals surface area contributed by atoms with Gasteiger partial charge in [-0.1, -0.05) is 32.0 Å². The Morgan fingerprint density at radius 3 is 2.50 bits per heavy atom. The zero-order valence-corrected chi connectivity index (χ0v) is 19.2. The van der Waals surface area contributed by atoms with Crippen molar-refractivity contribution in [3.63, 3.8) is 0 Å². The van der Waals surface area contributed by atoms with Crippen LogP contribution in [0.1, 0.15) is 65.1 Å². The standard InChI is InChI=1S/C27H25F2N3O2/c1-14(2)26-17(27(34)30-20-12-10-16-6-4-9-22(33)24(16)20)11-13-21-23(15(3)31-32(21)26)25-18(28)7-5-8-19(25)29/h4-9,11,13-14,20,33H,10,12H2,1-3H3,(H,30,34)/t20-/m0/s1. The van der Waals surface area contributed by atoms with Crippen molar-refractivity contribution in [1.82, 2.24) is 14.9 Å². The zero-order valence-electron chi connectivity index (χ0n) is 19.2. The van der Waals surface area contributed by atoms with Gasteiger partial charge in [-0.3, -0.25) is 4.79 Å². The average molecular weight is 462 g/mol. The van der Waals surface area contributed by atoms with Gasteiger partial charge >= 0.3 is 0 Å². The molecule has 0 spiro atoms. The van der Waals surface area contributed by atoms with Crippen LogP contribution in [-0.4, -0.2) is 20.6 Å². The van der Waals surface area contributed by atoms with E-state index in [1.807, 2.05) is 19.9 Å². The van der Waals surface area contributed by atoms with Gasteiger partial charge in [0.2, 0.25) is 0 Å². The molecule has 2 aromatic carbocycles. The molecule has 1 amide bonds. The van der Waals surface area contributed by atoms with Crippen molar-refractivity contribution in [2.45, 2.75) is 45.6 Å². The highest BCUT2D eigenvalue weighted by Crippen LogP contribution is 2.38. The fourth-order valence-corrected chi connectivity index (χ4v) is 5.08. The van der Waals surface area contributed by atoms with E-state index in [0.717, 1.165) is 17.5 Å². The molecule has 5 rings (SSSR count). The minimum absolute atomic E-state index is 0.0914. The normalized spacial score (nSPS) is 15.2. The lowest BCUT2D eigenvalue weighted by Crippen LogP contribution is -2.29. The minimum Gasteiger partial charge on any atom is -0.508 e. The molecular weight excluding hydrogens is 436 g/mol. The van der Waals surface area contributed by atoms with Crippen molar-refractivity contribution in [2.24, 2.45) is 0 Å². The molecule has 174 valence electrons. The number of aromatic hydroxyl groups is 1. The topological polar surface area (TPSA) is 66.6 Å². The highest BCUT2D eigenvalue weighted by Gasteiger charge is 2.29. The van der Waals surface area contributed by atoms with E-state index in [0.29, 0.717) is 34.5 Å². The monoisotopic (exact) mass is 461 g/mol. The Balaban J connectivity index is 1.60. The van der Waals surface area contributed by atoms with Crippen molar-refractivity contribution < 1.29 is 18.7 Å². The Morgan fingerprint density at radius 2 is 1.79 bits per heavy atom. The molecule has 0 fully saturated rings. The fraction of sp³-hybridized carbons (Fsp3) is 0.259. The number of aryl methyl sites for hydroxylation is 2. The van der Waals surface area contributed by atoms with Crippen LogP contribution in [0.4, 0.5) is 8.78 Å². The van der Waals surface area contributed by atoms with Gasteiger partial charge in [-0.25, -0.2) is 13.3 Å². The number of benzene rings is 2. The molecule has 7 heteroatoms. The summed E-state index contributed by atoms with van der Waals surface area (Å²) in [5, 5.41) is 18.0. The second-order valence-electron chi connectivity index (χ2n) is 9.06. The van der Waals surface area contributed by atoms with E-state index in [2.05, 4.69) is 10.4 Å². The fourth-order valence-electron chi connectivity index (χ4n) is 5.08. The number of hydrogen-bond donors (Lipinski definition) is 2. The second-order valence-corrected chi connectivity index (χ2v) is 9.06. The van der Waals surface area contributed by atoms with Crippen LogP contribution in [-0.2, 0) is 6.42 Å². The van der Waals surface area contributed by atoms with Gasteiger partial charge in [0.05, 0.1) is 34.1 Å². The Morgan fingerprint density at radius 1 is 1.09 bits per heavy atom. The van der Waals surface area contributed by atoms with Crippen molar-refractivity contribution in [3.05, 3.63) is 88.2 Å². The molecule has 0 aliphatic heterocycles. The number of nitrogens with one attached hydrogen (secondary N) is 1. The number of phenols is 1. The van der Waals surface area contributed by atoms with Crippen LogP contribution in [0.15, 0.2) is 48.5 Å². The summed E-state index contributed by atoms with van der Waals surface area (Å²) in [7, 11) is 0. The molecule has 0 radical (unpaired) electrons. The molecule has 0 saturated heterocycles. The van der Waals surface area contributed by atoms with Crippen LogP contribution in [0.5, 0.6) is 5.75 Å². The van der Waals surface area contributed by atoms with Gasteiger partial charge < -0.3 is 10.4 Å². The lowest BCUT2D eigenvalue weighted by Gasteiger charge is -2.19. The van der Waals surface area contributed by atoms with E-state index in [4.69, 9.17) is 0 Å². The number of phenolic OH excluding ortho intramolecular Hbond substituents is 1. The number of halogens is 2. The third-order valence-electron chi connectivity index (χ3n) is 6.54. The number of rotatable bonds is 4. The summed E-state index contributed by atoms with van der Waals surface area (Å²) in [5.41, 5.74) is 4.13. The van der Waals surface area contributed by atoms with E-state index in [9.17, 15) is 18.7 Å². The molecule has 2 aromatic heterocycles. The lowest BCUT2D eigenvalue weighted by molar-refractivity contribution is 0.0934. The van der Waals surface area contributed by atoms with Gasteiger partial charge in [0.25, 0.3) is 5.91 Å². The van der Waals surface area contributed by atoms with Crippen LogP contribution in [0.25, 0.3) is 16.6 Å². The number of fused-ring (bicyclic) bond motifs is 2. The van der Waals surface area contributed by atoms with Crippen LogP contribution >= 0.6 is 0 Å². The first kappa shape index (κ1) is 22.1. The Bertz CT molecular complexity index is 1420. The summed E-state index contributed by atoms with van der Waals surface area (Å²) >= 11 is 0. The van der Waals surface area contributed by atoms with Gasteiger partial charge in [-0.2, -0.15) is 5.10 Å². The molecule has 1 atom stereocenters. The third kappa shape index (κ3) is 3.43. The first-order valence-electron chi connectivity index (χ1n) is 11.4. The maximum atomic E-state index is 14.6. The predicted molar refractivity (Wildman–Crippen MR) is 126 cm³/mol. The van der Waals surface area contributed by atoms with Gasteiger partial charge in [-0.15, -0.1) is 0 Å². The van der Waals surface area contributed by atoms with E-state index in [1.165, 1.54) is 18.2 Å². The number of amides is 1. The van der Waals surface area contributed by atoms with Crippen LogP contribution in [0.2, 0.25) is 0 Å². The average Bonchev–Trinajstić information content (AvgIpc) is 3.34. The third-order valence-corrected chi connectivity index (χ3v) is 6.54. The van der Waals surface area contributed by atoms with Gasteiger partial charge in [0.15, 0.2) is 0 Å². The van der Waals surface area contributed by atoms with Gasteiger partial charge in [0.1, 0.15) is 17.4 Å². The summed E-state index contributed by atoms with van der Waals surface area (Å²) < 4.78 is 30.8. The van der Waals surface area contributed by atoms with Gasteiger partial charge in [0, 0.05) is 11.1 Å². The summed E-state index contributed by atoms with van der Waals surface area (Å²) in [6.07, 6.45) is 1.48. The molecule has 4 aromatic rings. The maximum Gasteiger partial charge on any atom is 0.253 e. The summed E-state index contributed by atoms with van der Waals surface area (Å²) in [5.74, 6) is -1.51. The second kappa shape index (κ2) is 8.24. The Kier molecular flexibility index (Phi) is 5.35.